The minimum absolute atomic E-state index is 0.0764. The smallest absolute Gasteiger partial charge is 0.310 e. The summed E-state index contributed by atoms with van der Waals surface area (Å²) in [6, 6.07) is 5.58. The fourth-order valence-corrected chi connectivity index (χ4v) is 4.35. The largest absolute Gasteiger partial charge is 0.469 e. The van der Waals surface area contributed by atoms with Gasteiger partial charge in [-0.05, 0) is 30.5 Å². The molecule has 0 heterocycles. The molecule has 1 aliphatic carbocycles. The Kier molecular flexibility index (Phi) is 4.95. The van der Waals surface area contributed by atoms with Crippen molar-refractivity contribution in [1.29, 1.82) is 0 Å². The maximum atomic E-state index is 12.8. The van der Waals surface area contributed by atoms with E-state index in [2.05, 4.69) is 9.46 Å². The fourth-order valence-electron chi connectivity index (χ4n) is 2.61. The van der Waals surface area contributed by atoms with Gasteiger partial charge in [0.15, 0.2) is 0 Å². The van der Waals surface area contributed by atoms with E-state index in [-0.39, 0.29) is 12.4 Å². The normalized spacial score (nSPS) is 22.2. The summed E-state index contributed by atoms with van der Waals surface area (Å²) in [5, 5.41) is -0.759. The molecule has 2 atom stereocenters. The molecule has 0 radical (unpaired) electrons. The first-order valence-corrected chi connectivity index (χ1v) is 8.29. The van der Waals surface area contributed by atoms with Crippen molar-refractivity contribution >= 4 is 16.0 Å². The van der Waals surface area contributed by atoms with Crippen LogP contribution in [0.3, 0.4) is 0 Å². The van der Waals surface area contributed by atoms with Crippen LogP contribution in [0.15, 0.2) is 24.3 Å². The molecule has 0 aliphatic heterocycles. The van der Waals surface area contributed by atoms with E-state index in [1.165, 1.54) is 31.4 Å². The van der Waals surface area contributed by atoms with E-state index in [0.29, 0.717) is 24.8 Å². The van der Waals surface area contributed by atoms with E-state index in [4.69, 9.17) is 0 Å². The standard InChI is InChI=1S/C14H18FNO4S/c1-20-14(17)12-3-2-4-13(12)21(18,19)16-9-10-5-7-11(15)8-6-10/h5-8,12-13,16H,2-4,9H2,1H3. The van der Waals surface area contributed by atoms with Gasteiger partial charge in [0, 0.05) is 6.54 Å². The van der Waals surface area contributed by atoms with Gasteiger partial charge in [0.2, 0.25) is 10.0 Å². The summed E-state index contributed by atoms with van der Waals surface area (Å²) in [7, 11) is -2.36. The van der Waals surface area contributed by atoms with Crippen LogP contribution < -0.4 is 4.72 Å². The summed E-state index contributed by atoms with van der Waals surface area (Å²) >= 11 is 0. The van der Waals surface area contributed by atoms with Gasteiger partial charge in [0.25, 0.3) is 0 Å². The number of carbonyl (C=O) groups is 1. The minimum Gasteiger partial charge on any atom is -0.469 e. The maximum Gasteiger partial charge on any atom is 0.310 e. The first kappa shape index (κ1) is 15.9. The van der Waals surface area contributed by atoms with Crippen LogP contribution in [0.5, 0.6) is 0 Å². The molecule has 2 rings (SSSR count). The lowest BCUT2D eigenvalue weighted by atomic mass is 10.1. The van der Waals surface area contributed by atoms with Gasteiger partial charge in [0.1, 0.15) is 5.82 Å². The van der Waals surface area contributed by atoms with Crippen LogP contribution in [0.2, 0.25) is 0 Å². The first-order valence-electron chi connectivity index (χ1n) is 6.75. The molecule has 1 N–H and O–H groups in total. The monoisotopic (exact) mass is 315 g/mol. The zero-order chi connectivity index (χ0) is 15.5. The van der Waals surface area contributed by atoms with E-state index in [9.17, 15) is 17.6 Å². The van der Waals surface area contributed by atoms with Crippen molar-refractivity contribution < 1.29 is 22.3 Å². The van der Waals surface area contributed by atoms with Gasteiger partial charge in [-0.15, -0.1) is 0 Å². The number of carbonyl (C=O) groups excluding carboxylic acids is 1. The predicted octanol–water partition coefficient (Wildman–Crippen LogP) is 1.59. The number of rotatable bonds is 5. The van der Waals surface area contributed by atoms with Crippen LogP contribution in [-0.4, -0.2) is 26.7 Å². The molecule has 0 bridgehead atoms. The molecule has 2 unspecified atom stereocenters. The molecular formula is C14H18FNO4S. The van der Waals surface area contributed by atoms with E-state index < -0.39 is 27.2 Å². The highest BCUT2D eigenvalue weighted by atomic mass is 32.2. The van der Waals surface area contributed by atoms with Gasteiger partial charge in [-0.1, -0.05) is 18.6 Å². The molecule has 21 heavy (non-hydrogen) atoms. The average molecular weight is 315 g/mol. The Bertz CT molecular complexity index is 600. The predicted molar refractivity (Wildman–Crippen MR) is 75.3 cm³/mol. The van der Waals surface area contributed by atoms with Crippen molar-refractivity contribution in [2.24, 2.45) is 5.92 Å². The van der Waals surface area contributed by atoms with Crippen LogP contribution in [0.25, 0.3) is 0 Å². The molecular weight excluding hydrogens is 297 g/mol. The highest BCUT2D eigenvalue weighted by Gasteiger charge is 2.41. The number of benzene rings is 1. The Morgan fingerprint density at radius 2 is 2.00 bits per heavy atom. The zero-order valence-electron chi connectivity index (χ0n) is 11.7. The van der Waals surface area contributed by atoms with Crippen LogP contribution in [0.4, 0.5) is 4.39 Å². The second-order valence-corrected chi connectivity index (χ2v) is 7.08. The molecule has 0 aromatic heterocycles. The van der Waals surface area contributed by atoms with Gasteiger partial charge in [0.05, 0.1) is 18.3 Å². The quantitative estimate of drug-likeness (QED) is 0.838. The number of sulfonamides is 1. The van der Waals surface area contributed by atoms with Crippen molar-refractivity contribution in [1.82, 2.24) is 4.72 Å². The summed E-state index contributed by atoms with van der Waals surface area (Å²) < 4.78 is 44.6. The molecule has 1 saturated carbocycles. The molecule has 1 fully saturated rings. The Hall–Kier alpha value is -1.47. The molecule has 0 amide bonds. The number of halogens is 1. The van der Waals surface area contributed by atoms with Crippen LogP contribution in [0.1, 0.15) is 24.8 Å². The van der Waals surface area contributed by atoms with E-state index in [1.807, 2.05) is 0 Å². The summed E-state index contributed by atoms with van der Waals surface area (Å²) in [6.07, 6.45) is 1.65. The summed E-state index contributed by atoms with van der Waals surface area (Å²) in [6.45, 7) is 0.0764. The second kappa shape index (κ2) is 6.53. The number of hydrogen-bond acceptors (Lipinski definition) is 4. The molecule has 116 valence electrons. The van der Waals surface area contributed by atoms with E-state index in [1.54, 1.807) is 0 Å². The fraction of sp³-hybridized carbons (Fsp3) is 0.500. The van der Waals surface area contributed by atoms with Gasteiger partial charge in [-0.25, -0.2) is 17.5 Å². The zero-order valence-corrected chi connectivity index (χ0v) is 12.5. The number of nitrogens with one attached hydrogen (secondary N) is 1. The number of esters is 1. The van der Waals surface area contributed by atoms with Crippen LogP contribution >= 0.6 is 0 Å². The summed E-state index contributed by atoms with van der Waals surface area (Å²) in [5.74, 6) is -1.46. The van der Waals surface area contributed by atoms with Gasteiger partial charge in [-0.3, -0.25) is 4.79 Å². The Morgan fingerprint density at radius 3 is 2.62 bits per heavy atom. The number of hydrogen-bond donors (Lipinski definition) is 1. The Balaban J connectivity index is 2.04. The number of methoxy groups -OCH3 is 1. The molecule has 0 saturated heterocycles. The Labute approximate surface area is 123 Å². The first-order chi connectivity index (χ1) is 9.94. The molecule has 5 nitrogen and oxygen atoms in total. The van der Waals surface area contributed by atoms with Crippen LogP contribution in [-0.2, 0) is 26.1 Å². The highest BCUT2D eigenvalue weighted by Crippen LogP contribution is 2.31. The topological polar surface area (TPSA) is 72.5 Å². The lowest BCUT2D eigenvalue weighted by molar-refractivity contribution is -0.145. The highest BCUT2D eigenvalue weighted by molar-refractivity contribution is 7.90. The van der Waals surface area contributed by atoms with E-state index in [0.717, 1.165) is 0 Å². The van der Waals surface area contributed by atoms with Gasteiger partial charge in [-0.2, -0.15) is 0 Å². The van der Waals surface area contributed by atoms with Crippen molar-refractivity contribution in [2.75, 3.05) is 7.11 Å². The van der Waals surface area contributed by atoms with Crippen LogP contribution in [0, 0.1) is 11.7 Å². The van der Waals surface area contributed by atoms with E-state index >= 15 is 0 Å². The molecule has 1 aromatic carbocycles. The van der Waals surface area contributed by atoms with Gasteiger partial charge >= 0.3 is 5.97 Å². The molecule has 1 aromatic rings. The summed E-state index contributed by atoms with van der Waals surface area (Å²) in [4.78, 5) is 11.6. The molecule has 1 aliphatic rings. The molecule has 0 spiro atoms. The minimum atomic E-state index is -3.62. The Morgan fingerprint density at radius 1 is 1.33 bits per heavy atom. The molecule has 7 heteroatoms. The maximum absolute atomic E-state index is 12.8. The lowest BCUT2D eigenvalue weighted by Crippen LogP contribution is -2.39. The summed E-state index contributed by atoms with van der Waals surface area (Å²) in [5.41, 5.74) is 0.660. The third kappa shape index (κ3) is 3.79. The second-order valence-electron chi connectivity index (χ2n) is 5.09. The van der Waals surface area contributed by atoms with Crippen molar-refractivity contribution in [3.05, 3.63) is 35.6 Å². The van der Waals surface area contributed by atoms with Crippen molar-refractivity contribution in [3.63, 3.8) is 0 Å². The van der Waals surface area contributed by atoms with Crippen molar-refractivity contribution in [3.8, 4) is 0 Å². The number of ether oxygens (including phenoxy) is 1. The third-order valence-corrected chi connectivity index (χ3v) is 5.65. The SMILES string of the molecule is COC(=O)C1CCCC1S(=O)(=O)NCc1ccc(F)cc1. The van der Waals surface area contributed by atoms with Gasteiger partial charge < -0.3 is 4.74 Å². The van der Waals surface area contributed by atoms with Crippen molar-refractivity contribution in [2.45, 2.75) is 31.1 Å². The third-order valence-electron chi connectivity index (χ3n) is 3.75. The lowest BCUT2D eigenvalue weighted by Gasteiger charge is -2.18. The average Bonchev–Trinajstić information content (AvgIpc) is 2.96.